The van der Waals surface area contributed by atoms with Gasteiger partial charge in [-0.25, -0.2) is 0 Å². The molecule has 0 saturated heterocycles. The van der Waals surface area contributed by atoms with Crippen molar-refractivity contribution in [2.75, 3.05) is 0 Å². The van der Waals surface area contributed by atoms with Crippen LogP contribution in [0.3, 0.4) is 0 Å². The van der Waals surface area contributed by atoms with Crippen molar-refractivity contribution in [2.24, 2.45) is 0 Å². The Morgan fingerprint density at radius 3 is 2.82 bits per heavy atom. The van der Waals surface area contributed by atoms with Gasteiger partial charge in [-0.2, -0.15) is 0 Å². The Balaban J connectivity index is 2.50. The van der Waals surface area contributed by atoms with E-state index < -0.39 is 0 Å². The van der Waals surface area contributed by atoms with Crippen molar-refractivity contribution in [3.8, 4) is 0 Å². The fraction of sp³-hybridized carbons (Fsp3) is 0.100. The standard InChI is InChI=1S/C10H8I/c11-10-7-3-5-8-4-1-2-6-9(8)10/h1-7,10H. The van der Waals surface area contributed by atoms with E-state index in [1.54, 1.807) is 0 Å². The zero-order valence-corrected chi connectivity index (χ0v) is 8.15. The van der Waals surface area contributed by atoms with Crippen LogP contribution in [-0.2, 0) is 0 Å². The van der Waals surface area contributed by atoms with E-state index in [4.69, 9.17) is 0 Å². The van der Waals surface area contributed by atoms with Crippen molar-refractivity contribution in [1.82, 2.24) is 0 Å². The fourth-order valence-electron chi connectivity index (χ4n) is 1.27. The molecule has 55 valence electrons. The Labute approximate surface area is 80.5 Å². The second-order valence-electron chi connectivity index (χ2n) is 2.58. The molecule has 2 rings (SSSR count). The first-order chi connectivity index (χ1) is 5.38. The fourth-order valence-corrected chi connectivity index (χ4v) is 2.08. The highest BCUT2D eigenvalue weighted by molar-refractivity contribution is 14.1. The molecule has 0 heterocycles. The molecule has 0 aromatic heterocycles. The third-order valence-corrected chi connectivity index (χ3v) is 2.94. The second kappa shape index (κ2) is 2.97. The minimum Gasteiger partial charge on any atom is -0.0787 e. The van der Waals surface area contributed by atoms with Crippen molar-refractivity contribution >= 4 is 22.6 Å². The van der Waals surface area contributed by atoms with Gasteiger partial charge in [-0.1, -0.05) is 59.0 Å². The molecule has 1 atom stereocenters. The van der Waals surface area contributed by atoms with Crippen molar-refractivity contribution in [3.63, 3.8) is 0 Å². The van der Waals surface area contributed by atoms with Gasteiger partial charge >= 0.3 is 0 Å². The number of alkyl halides is 1. The molecular weight excluding hydrogens is 247 g/mol. The van der Waals surface area contributed by atoms with Crippen LogP contribution < -0.4 is 0 Å². The van der Waals surface area contributed by atoms with E-state index in [9.17, 15) is 0 Å². The molecule has 0 nitrogen and oxygen atoms in total. The van der Waals surface area contributed by atoms with Gasteiger partial charge in [-0.3, -0.25) is 0 Å². The van der Waals surface area contributed by atoms with Gasteiger partial charge in [0.15, 0.2) is 0 Å². The van der Waals surface area contributed by atoms with Crippen LogP contribution in [0.1, 0.15) is 15.1 Å². The highest BCUT2D eigenvalue weighted by atomic mass is 127. The Morgan fingerprint density at radius 2 is 2.00 bits per heavy atom. The lowest BCUT2D eigenvalue weighted by molar-refractivity contribution is 1.20. The number of hydrogen-bond acceptors (Lipinski definition) is 0. The van der Waals surface area contributed by atoms with Gasteiger partial charge < -0.3 is 0 Å². The molecule has 0 fully saturated rings. The number of fused-ring (bicyclic) bond motifs is 1. The van der Waals surface area contributed by atoms with Crippen LogP contribution in [0.2, 0.25) is 0 Å². The molecule has 1 unspecified atom stereocenters. The molecule has 0 N–H and O–H groups in total. The summed E-state index contributed by atoms with van der Waals surface area (Å²) in [5.41, 5.74) is 2.78. The summed E-state index contributed by atoms with van der Waals surface area (Å²) < 4.78 is 0.550. The van der Waals surface area contributed by atoms with Crippen LogP contribution in [0.5, 0.6) is 0 Å². The van der Waals surface area contributed by atoms with Crippen LogP contribution in [-0.4, -0.2) is 0 Å². The van der Waals surface area contributed by atoms with Gasteiger partial charge in [0.1, 0.15) is 0 Å². The van der Waals surface area contributed by atoms with E-state index in [2.05, 4.69) is 65.4 Å². The second-order valence-corrected chi connectivity index (χ2v) is 3.92. The lowest BCUT2D eigenvalue weighted by Crippen LogP contribution is -1.96. The largest absolute Gasteiger partial charge is 0.0787 e. The molecular formula is C10H8I. The Bertz CT molecular complexity index is 289. The molecule has 0 aliphatic heterocycles. The van der Waals surface area contributed by atoms with Crippen LogP contribution in [0.25, 0.3) is 0 Å². The smallest absolute Gasteiger partial charge is 0.0542 e. The van der Waals surface area contributed by atoms with Gasteiger partial charge in [0.2, 0.25) is 0 Å². The highest BCUT2D eigenvalue weighted by Crippen LogP contribution is 2.32. The summed E-state index contributed by atoms with van der Waals surface area (Å²) in [5.74, 6) is 0. The van der Waals surface area contributed by atoms with Crippen molar-refractivity contribution in [2.45, 2.75) is 3.92 Å². The molecule has 1 aromatic carbocycles. The first-order valence-electron chi connectivity index (χ1n) is 3.62. The molecule has 1 aliphatic rings. The van der Waals surface area contributed by atoms with E-state index in [0.717, 1.165) is 0 Å². The molecule has 1 radical (unpaired) electrons. The lowest BCUT2D eigenvalue weighted by atomic mass is 9.97. The third-order valence-electron chi connectivity index (χ3n) is 1.85. The van der Waals surface area contributed by atoms with E-state index in [0.29, 0.717) is 3.92 Å². The summed E-state index contributed by atoms with van der Waals surface area (Å²) in [7, 11) is 0. The summed E-state index contributed by atoms with van der Waals surface area (Å²) in [6.45, 7) is 0. The van der Waals surface area contributed by atoms with Gasteiger partial charge in [0, 0.05) is 6.42 Å². The maximum Gasteiger partial charge on any atom is 0.0542 e. The summed E-state index contributed by atoms with van der Waals surface area (Å²) in [5, 5.41) is 0. The molecule has 0 bridgehead atoms. The van der Waals surface area contributed by atoms with E-state index in [-0.39, 0.29) is 0 Å². The molecule has 1 aromatic rings. The summed E-state index contributed by atoms with van der Waals surface area (Å²) in [4.78, 5) is 0. The zero-order chi connectivity index (χ0) is 7.68. The van der Waals surface area contributed by atoms with Gasteiger partial charge in [0.05, 0.1) is 3.92 Å². The lowest BCUT2D eigenvalue weighted by Gasteiger charge is -2.14. The monoisotopic (exact) mass is 255 g/mol. The minimum absolute atomic E-state index is 0.550. The average Bonchev–Trinajstić information content (AvgIpc) is 2.06. The van der Waals surface area contributed by atoms with Gasteiger partial charge in [0.25, 0.3) is 0 Å². The summed E-state index contributed by atoms with van der Waals surface area (Å²) in [6, 6.07) is 8.52. The summed E-state index contributed by atoms with van der Waals surface area (Å²) in [6.07, 6.45) is 6.49. The topological polar surface area (TPSA) is 0 Å². The number of halogens is 1. The zero-order valence-electron chi connectivity index (χ0n) is 6.00. The van der Waals surface area contributed by atoms with Crippen molar-refractivity contribution in [1.29, 1.82) is 0 Å². The molecule has 11 heavy (non-hydrogen) atoms. The molecule has 0 amide bonds. The molecule has 0 saturated carbocycles. The van der Waals surface area contributed by atoms with Crippen LogP contribution in [0.4, 0.5) is 0 Å². The Kier molecular flexibility index (Phi) is 1.98. The maximum absolute atomic E-state index is 2.44. The number of benzene rings is 1. The van der Waals surface area contributed by atoms with E-state index >= 15 is 0 Å². The third kappa shape index (κ3) is 1.34. The predicted molar refractivity (Wildman–Crippen MR) is 55.7 cm³/mol. The Hall–Kier alpha value is -0.310. The van der Waals surface area contributed by atoms with Crippen LogP contribution in [0.15, 0.2) is 36.4 Å². The van der Waals surface area contributed by atoms with Gasteiger partial charge in [-0.15, -0.1) is 0 Å². The molecule has 0 spiro atoms. The van der Waals surface area contributed by atoms with Crippen LogP contribution in [0, 0.1) is 6.42 Å². The quantitative estimate of drug-likeness (QED) is 0.493. The summed E-state index contributed by atoms with van der Waals surface area (Å²) >= 11 is 2.44. The van der Waals surface area contributed by atoms with E-state index in [1.165, 1.54) is 11.1 Å². The van der Waals surface area contributed by atoms with Crippen molar-refractivity contribution in [3.05, 3.63) is 54.0 Å². The molecule has 1 aliphatic carbocycles. The SMILES string of the molecule is IC1C=C[CH]c2ccccc21. The van der Waals surface area contributed by atoms with Crippen molar-refractivity contribution < 1.29 is 0 Å². The first-order valence-corrected chi connectivity index (χ1v) is 4.87. The average molecular weight is 255 g/mol. The number of rotatable bonds is 0. The van der Waals surface area contributed by atoms with Crippen LogP contribution >= 0.6 is 22.6 Å². The maximum atomic E-state index is 2.44. The number of allylic oxidation sites excluding steroid dienone is 2. The Morgan fingerprint density at radius 1 is 1.18 bits per heavy atom. The predicted octanol–water partition coefficient (Wildman–Crippen LogP) is 3.28. The molecule has 1 heteroatoms. The highest BCUT2D eigenvalue weighted by Gasteiger charge is 2.11. The van der Waals surface area contributed by atoms with E-state index in [1.807, 2.05) is 0 Å². The minimum atomic E-state index is 0.550. The first kappa shape index (κ1) is 7.35. The normalized spacial score (nSPS) is 21.4. The number of hydrogen-bond donors (Lipinski definition) is 0. The van der Waals surface area contributed by atoms with Gasteiger partial charge in [-0.05, 0) is 11.1 Å².